The van der Waals surface area contributed by atoms with Gasteiger partial charge in [0, 0.05) is 7.05 Å². The van der Waals surface area contributed by atoms with Crippen LogP contribution in [0.4, 0.5) is 4.39 Å². The van der Waals surface area contributed by atoms with Gasteiger partial charge in [0.1, 0.15) is 11.6 Å². The lowest BCUT2D eigenvalue weighted by Gasteiger charge is -2.06. The number of hydrogen-bond acceptors (Lipinski definition) is 6. The number of thioether (sulfide) groups is 1. The Balaban J connectivity index is 2.18. The summed E-state index contributed by atoms with van der Waals surface area (Å²) in [5.41, 5.74) is -1.98. The summed E-state index contributed by atoms with van der Waals surface area (Å²) in [6.45, 7) is 0. The van der Waals surface area contributed by atoms with Crippen molar-refractivity contribution in [2.24, 2.45) is 7.05 Å². The lowest BCUT2D eigenvalue weighted by atomic mass is 10.1. The normalized spacial score (nSPS) is 10.6. The summed E-state index contributed by atoms with van der Waals surface area (Å²) in [5, 5.41) is 11.9. The summed E-state index contributed by atoms with van der Waals surface area (Å²) in [5.74, 6) is -1.68. The van der Waals surface area contributed by atoms with E-state index in [0.29, 0.717) is 0 Å². The highest BCUT2D eigenvalue weighted by Crippen LogP contribution is 2.21. The highest BCUT2D eigenvalue weighted by molar-refractivity contribution is 7.99. The monoisotopic (exact) mass is 311 g/mol. The van der Waals surface area contributed by atoms with Gasteiger partial charge in [-0.05, 0) is 18.2 Å². The average Bonchev–Trinajstić information content (AvgIpc) is 2.43. The van der Waals surface area contributed by atoms with Crippen LogP contribution in [0.5, 0.6) is 5.75 Å². The third kappa shape index (κ3) is 3.37. The summed E-state index contributed by atoms with van der Waals surface area (Å²) in [4.78, 5) is 37.6. The maximum atomic E-state index is 13.1. The first-order chi connectivity index (χ1) is 9.88. The second kappa shape index (κ2) is 5.92. The predicted octanol–water partition coefficient (Wildman–Crippen LogP) is 0.288. The van der Waals surface area contributed by atoms with Crippen LogP contribution in [0.15, 0.2) is 32.9 Å². The van der Waals surface area contributed by atoms with E-state index in [9.17, 15) is 23.9 Å². The Labute approximate surface area is 121 Å². The van der Waals surface area contributed by atoms with Gasteiger partial charge < -0.3 is 5.11 Å². The minimum Gasteiger partial charge on any atom is -0.507 e. The third-order valence-electron chi connectivity index (χ3n) is 2.54. The molecule has 0 bridgehead atoms. The molecule has 110 valence electrons. The second-order valence-corrected chi connectivity index (χ2v) is 5.02. The molecule has 0 saturated heterocycles. The van der Waals surface area contributed by atoms with Gasteiger partial charge in [0.15, 0.2) is 10.9 Å². The van der Waals surface area contributed by atoms with Gasteiger partial charge in [-0.15, -0.1) is 0 Å². The fourth-order valence-electron chi connectivity index (χ4n) is 1.53. The van der Waals surface area contributed by atoms with Crippen molar-refractivity contribution < 1.29 is 14.3 Å². The van der Waals surface area contributed by atoms with Gasteiger partial charge in [-0.2, -0.15) is 4.98 Å². The van der Waals surface area contributed by atoms with Crippen LogP contribution in [0.25, 0.3) is 0 Å². The van der Waals surface area contributed by atoms with Crippen LogP contribution in [-0.2, 0) is 7.05 Å². The molecule has 0 aliphatic rings. The topological polar surface area (TPSA) is 105 Å². The molecule has 2 N–H and O–H groups in total. The van der Waals surface area contributed by atoms with Crippen LogP contribution >= 0.6 is 11.8 Å². The lowest BCUT2D eigenvalue weighted by molar-refractivity contribution is 0.101. The second-order valence-electron chi connectivity index (χ2n) is 4.07. The zero-order chi connectivity index (χ0) is 15.6. The molecule has 0 atom stereocenters. The molecule has 2 rings (SSSR count). The average molecular weight is 311 g/mol. The molecule has 21 heavy (non-hydrogen) atoms. The SMILES string of the molecule is Cn1[nH]c(=O)c(=O)nc1SCC(=O)c1cc(F)ccc1O. The summed E-state index contributed by atoms with van der Waals surface area (Å²) in [7, 11) is 1.46. The Bertz CT molecular complexity index is 815. The minimum absolute atomic E-state index is 0.129. The largest absolute Gasteiger partial charge is 0.507 e. The highest BCUT2D eigenvalue weighted by atomic mass is 32.2. The van der Waals surface area contributed by atoms with Gasteiger partial charge in [-0.25, -0.2) is 4.39 Å². The zero-order valence-electron chi connectivity index (χ0n) is 10.8. The molecule has 0 fully saturated rings. The quantitative estimate of drug-likeness (QED) is 0.477. The van der Waals surface area contributed by atoms with Gasteiger partial charge in [0.05, 0.1) is 11.3 Å². The number of nitrogens with zero attached hydrogens (tertiary/aromatic N) is 2. The lowest BCUT2D eigenvalue weighted by Crippen LogP contribution is -2.34. The van der Waals surface area contributed by atoms with Crippen molar-refractivity contribution in [3.63, 3.8) is 0 Å². The Kier molecular flexibility index (Phi) is 4.22. The van der Waals surface area contributed by atoms with Gasteiger partial charge in [-0.3, -0.25) is 24.2 Å². The molecule has 0 aliphatic heterocycles. The van der Waals surface area contributed by atoms with Crippen LogP contribution < -0.4 is 11.1 Å². The number of phenols is 1. The number of Topliss-reactive ketones (excluding diaryl/α,β-unsaturated/α-hetero) is 1. The Morgan fingerprint density at radius 3 is 2.90 bits per heavy atom. The third-order valence-corrected chi connectivity index (χ3v) is 3.57. The Hall–Kier alpha value is -2.42. The van der Waals surface area contributed by atoms with E-state index in [2.05, 4.69) is 10.1 Å². The van der Waals surface area contributed by atoms with Crippen LogP contribution in [0, 0.1) is 5.82 Å². The number of phenolic OH excluding ortho intramolecular Hbond substituents is 1. The molecule has 7 nitrogen and oxygen atoms in total. The van der Waals surface area contributed by atoms with Gasteiger partial charge in [0.2, 0.25) is 0 Å². The van der Waals surface area contributed by atoms with Crippen molar-refractivity contribution in [1.82, 2.24) is 14.8 Å². The number of aromatic nitrogens is 3. The van der Waals surface area contributed by atoms with Crippen molar-refractivity contribution >= 4 is 17.5 Å². The van der Waals surface area contributed by atoms with Gasteiger partial charge in [-0.1, -0.05) is 11.8 Å². The fourth-order valence-corrected chi connectivity index (χ4v) is 2.33. The van der Waals surface area contributed by atoms with Crippen LogP contribution in [0.3, 0.4) is 0 Å². The molecule has 0 aliphatic carbocycles. The van der Waals surface area contributed by atoms with Gasteiger partial charge in [0.25, 0.3) is 0 Å². The number of H-pyrrole nitrogens is 1. The van der Waals surface area contributed by atoms with Crippen LogP contribution in [0.2, 0.25) is 0 Å². The summed E-state index contributed by atoms with van der Waals surface area (Å²) >= 11 is 0.886. The summed E-state index contributed by atoms with van der Waals surface area (Å²) in [6.07, 6.45) is 0. The molecule has 0 spiro atoms. The number of halogens is 1. The molecule has 1 aromatic carbocycles. The highest BCUT2D eigenvalue weighted by Gasteiger charge is 2.14. The summed E-state index contributed by atoms with van der Waals surface area (Å²) in [6, 6.07) is 3.05. The van der Waals surface area contributed by atoms with E-state index in [-0.39, 0.29) is 22.2 Å². The number of aromatic amines is 1. The molecular formula is C12H10FN3O4S. The Morgan fingerprint density at radius 2 is 2.19 bits per heavy atom. The maximum Gasteiger partial charge on any atom is 0.339 e. The molecule has 0 saturated carbocycles. The van der Waals surface area contributed by atoms with Crippen LogP contribution in [-0.4, -0.2) is 31.4 Å². The zero-order valence-corrected chi connectivity index (χ0v) is 11.6. The standard InChI is InChI=1S/C12H10FN3O4S/c1-16-12(14-10(19)11(20)15-16)21-5-9(18)7-4-6(13)2-3-8(7)17/h2-4,17H,5H2,1H3,(H,15,20). The van der Waals surface area contributed by atoms with Crippen molar-refractivity contribution in [3.05, 3.63) is 50.3 Å². The fraction of sp³-hybridized carbons (Fsp3) is 0.167. The molecule has 1 aromatic heterocycles. The van der Waals surface area contributed by atoms with E-state index in [1.54, 1.807) is 0 Å². The number of carbonyl (C=O) groups excluding carboxylic acids is 1. The molecule has 0 radical (unpaired) electrons. The van der Waals surface area contributed by atoms with Crippen molar-refractivity contribution in [2.45, 2.75) is 5.16 Å². The first kappa shape index (κ1) is 15.0. The van der Waals surface area contributed by atoms with Crippen LogP contribution in [0.1, 0.15) is 10.4 Å². The number of aromatic hydroxyl groups is 1. The first-order valence-electron chi connectivity index (χ1n) is 5.70. The van der Waals surface area contributed by atoms with E-state index in [1.807, 2.05) is 0 Å². The van der Waals surface area contributed by atoms with E-state index in [0.717, 1.165) is 30.0 Å². The van der Waals surface area contributed by atoms with E-state index >= 15 is 0 Å². The van der Waals surface area contributed by atoms with Gasteiger partial charge >= 0.3 is 11.1 Å². The number of nitrogens with one attached hydrogen (secondary N) is 1. The molecule has 9 heteroatoms. The van der Waals surface area contributed by atoms with Crippen molar-refractivity contribution in [1.29, 1.82) is 0 Å². The molecule has 2 aromatic rings. The molecule has 0 amide bonds. The molecular weight excluding hydrogens is 301 g/mol. The van der Waals surface area contributed by atoms with E-state index in [4.69, 9.17) is 0 Å². The number of benzene rings is 1. The predicted molar refractivity (Wildman–Crippen MR) is 73.2 cm³/mol. The van der Waals surface area contributed by atoms with E-state index in [1.165, 1.54) is 11.7 Å². The first-order valence-corrected chi connectivity index (χ1v) is 6.69. The number of ketones is 1. The number of aryl methyl sites for hydroxylation is 1. The number of rotatable bonds is 4. The number of carbonyl (C=O) groups is 1. The Morgan fingerprint density at radius 1 is 1.48 bits per heavy atom. The minimum atomic E-state index is -0.961. The summed E-state index contributed by atoms with van der Waals surface area (Å²) < 4.78 is 14.3. The van der Waals surface area contributed by atoms with Crippen molar-refractivity contribution in [2.75, 3.05) is 5.75 Å². The number of hydrogen-bond donors (Lipinski definition) is 2. The van der Waals surface area contributed by atoms with Crippen molar-refractivity contribution in [3.8, 4) is 5.75 Å². The molecule has 0 unspecified atom stereocenters. The maximum absolute atomic E-state index is 13.1. The molecule has 1 heterocycles. The van der Waals surface area contributed by atoms with E-state index < -0.39 is 22.7 Å². The smallest absolute Gasteiger partial charge is 0.339 e.